The third-order valence-electron chi connectivity index (χ3n) is 7.05. The first-order valence-electron chi connectivity index (χ1n) is 10.8. The van der Waals surface area contributed by atoms with E-state index in [9.17, 15) is 14.7 Å². The zero-order chi connectivity index (χ0) is 21.4. The van der Waals surface area contributed by atoms with Crippen LogP contribution in [0, 0.1) is 11.8 Å². The van der Waals surface area contributed by atoms with E-state index in [0.717, 1.165) is 16.7 Å². The number of rotatable bonds is 5. The molecule has 1 heterocycles. The summed E-state index contributed by atoms with van der Waals surface area (Å²) in [5.41, 5.74) is 2.21. The maximum absolute atomic E-state index is 12.7. The molecule has 2 aliphatic rings. The van der Waals surface area contributed by atoms with Gasteiger partial charge in [0, 0.05) is 18.9 Å². The number of carboxylic acids is 1. The summed E-state index contributed by atoms with van der Waals surface area (Å²) >= 11 is 0. The van der Waals surface area contributed by atoms with Crippen molar-refractivity contribution in [2.75, 3.05) is 6.54 Å². The van der Waals surface area contributed by atoms with Crippen molar-refractivity contribution in [2.24, 2.45) is 11.8 Å². The van der Waals surface area contributed by atoms with Gasteiger partial charge in [-0.1, -0.05) is 91.0 Å². The van der Waals surface area contributed by atoms with Crippen LogP contribution in [0.15, 0.2) is 91.0 Å². The standard InChI is InChI=1S/C27H25NO3/c29-24-17-16-22-23(24)18-28(25(22)26(30)31)27(19-10-4-1-5-11-19,20-12-6-2-7-13-20)21-14-8-3-9-15-21/h1-15,22-23,25H,16-18H2,(H,30,31)/t22-,23-,25-/m0/s1. The van der Waals surface area contributed by atoms with Crippen LogP contribution >= 0.6 is 0 Å². The SMILES string of the molecule is O=C1CC[C@H]2[C@@H]1CN(C(c1ccccc1)(c1ccccc1)c1ccccc1)[C@@H]2C(=O)O. The largest absolute Gasteiger partial charge is 0.480 e. The average molecular weight is 412 g/mol. The number of carbonyl (C=O) groups is 2. The molecule has 3 atom stereocenters. The van der Waals surface area contributed by atoms with Gasteiger partial charge >= 0.3 is 5.97 Å². The molecule has 1 aliphatic heterocycles. The fourth-order valence-electron chi connectivity index (χ4n) is 5.80. The second-order valence-corrected chi connectivity index (χ2v) is 8.52. The normalized spacial score (nSPS) is 23.6. The predicted molar refractivity (Wildman–Crippen MR) is 119 cm³/mol. The molecule has 1 saturated carbocycles. The zero-order valence-corrected chi connectivity index (χ0v) is 17.2. The Hall–Kier alpha value is -3.24. The van der Waals surface area contributed by atoms with E-state index in [-0.39, 0.29) is 17.6 Å². The number of fused-ring (bicyclic) bond motifs is 1. The average Bonchev–Trinajstić information content (AvgIpc) is 3.36. The Kier molecular flexibility index (Phi) is 4.95. The number of aliphatic carboxylic acids is 1. The predicted octanol–water partition coefficient (Wildman–Crippen LogP) is 4.34. The van der Waals surface area contributed by atoms with Gasteiger partial charge in [0.2, 0.25) is 0 Å². The Bertz CT molecular complexity index is 985. The highest BCUT2D eigenvalue weighted by Gasteiger charge is 2.58. The van der Waals surface area contributed by atoms with E-state index in [1.54, 1.807) is 0 Å². The summed E-state index contributed by atoms with van der Waals surface area (Å²) < 4.78 is 0. The van der Waals surface area contributed by atoms with E-state index in [1.807, 2.05) is 54.6 Å². The number of likely N-dealkylation sites (tertiary alicyclic amines) is 1. The van der Waals surface area contributed by atoms with Crippen LogP contribution in [0.1, 0.15) is 29.5 Å². The van der Waals surface area contributed by atoms with Crippen LogP contribution in [0.25, 0.3) is 0 Å². The molecule has 2 fully saturated rings. The van der Waals surface area contributed by atoms with Crippen LogP contribution in [0.5, 0.6) is 0 Å². The van der Waals surface area contributed by atoms with E-state index in [0.29, 0.717) is 19.4 Å². The van der Waals surface area contributed by atoms with E-state index < -0.39 is 17.6 Å². The molecule has 4 nitrogen and oxygen atoms in total. The molecule has 0 amide bonds. The Morgan fingerprint density at radius 2 is 1.26 bits per heavy atom. The van der Waals surface area contributed by atoms with Crippen molar-refractivity contribution in [3.8, 4) is 0 Å². The number of Topliss-reactive ketones (excluding diaryl/α,β-unsaturated/α-hetero) is 1. The number of hydrogen-bond acceptors (Lipinski definition) is 3. The molecule has 1 N–H and O–H groups in total. The van der Waals surface area contributed by atoms with Gasteiger partial charge in [0.15, 0.2) is 0 Å². The van der Waals surface area contributed by atoms with Crippen molar-refractivity contribution >= 4 is 11.8 Å². The molecule has 0 unspecified atom stereocenters. The van der Waals surface area contributed by atoms with E-state index in [4.69, 9.17) is 0 Å². The molecule has 3 aromatic rings. The number of carboxylic acid groups (broad SMARTS) is 1. The summed E-state index contributed by atoms with van der Waals surface area (Å²) in [7, 11) is 0. The second-order valence-electron chi connectivity index (χ2n) is 8.52. The third kappa shape index (κ3) is 3.02. The molecule has 156 valence electrons. The highest BCUT2D eigenvalue weighted by molar-refractivity contribution is 5.87. The zero-order valence-electron chi connectivity index (χ0n) is 17.2. The van der Waals surface area contributed by atoms with Crippen molar-refractivity contribution in [1.29, 1.82) is 0 Å². The highest BCUT2D eigenvalue weighted by atomic mass is 16.4. The van der Waals surface area contributed by atoms with Gasteiger partial charge in [-0.2, -0.15) is 0 Å². The molecule has 5 rings (SSSR count). The summed E-state index contributed by atoms with van der Waals surface area (Å²) in [6, 6.07) is 29.5. The fourth-order valence-corrected chi connectivity index (χ4v) is 5.80. The minimum Gasteiger partial charge on any atom is -0.480 e. The topological polar surface area (TPSA) is 57.6 Å². The highest BCUT2D eigenvalue weighted by Crippen LogP contribution is 2.51. The number of hydrogen-bond donors (Lipinski definition) is 1. The number of ketones is 1. The van der Waals surface area contributed by atoms with Gasteiger partial charge in [0.1, 0.15) is 11.8 Å². The van der Waals surface area contributed by atoms with Gasteiger partial charge in [0.25, 0.3) is 0 Å². The van der Waals surface area contributed by atoms with Gasteiger partial charge in [-0.15, -0.1) is 0 Å². The molecule has 31 heavy (non-hydrogen) atoms. The minimum atomic E-state index is -0.852. The lowest BCUT2D eigenvalue weighted by molar-refractivity contribution is -0.145. The van der Waals surface area contributed by atoms with Crippen molar-refractivity contribution in [3.63, 3.8) is 0 Å². The van der Waals surface area contributed by atoms with Crippen molar-refractivity contribution in [2.45, 2.75) is 24.4 Å². The Morgan fingerprint density at radius 3 is 1.68 bits per heavy atom. The van der Waals surface area contributed by atoms with E-state index in [1.165, 1.54) is 0 Å². The molecule has 3 aromatic carbocycles. The third-order valence-corrected chi connectivity index (χ3v) is 7.05. The quantitative estimate of drug-likeness (QED) is 0.635. The van der Waals surface area contributed by atoms with Crippen molar-refractivity contribution in [1.82, 2.24) is 4.90 Å². The van der Waals surface area contributed by atoms with Crippen LogP contribution in [-0.4, -0.2) is 34.3 Å². The Morgan fingerprint density at radius 1 is 0.806 bits per heavy atom. The summed E-state index contributed by atoms with van der Waals surface area (Å²) in [5, 5.41) is 10.4. The number of benzene rings is 3. The molecule has 1 saturated heterocycles. The van der Waals surface area contributed by atoms with Crippen molar-refractivity contribution in [3.05, 3.63) is 108 Å². The number of carbonyl (C=O) groups excluding carboxylic acids is 1. The summed E-state index contributed by atoms with van der Waals surface area (Å²) in [6.07, 6.45) is 1.13. The lowest BCUT2D eigenvalue weighted by Crippen LogP contribution is -2.54. The molecule has 1 aliphatic carbocycles. The van der Waals surface area contributed by atoms with Gasteiger partial charge < -0.3 is 5.11 Å². The molecular formula is C27H25NO3. The molecular weight excluding hydrogens is 386 g/mol. The van der Waals surface area contributed by atoms with Gasteiger partial charge in [-0.3, -0.25) is 14.5 Å². The maximum Gasteiger partial charge on any atom is 0.321 e. The van der Waals surface area contributed by atoms with Crippen LogP contribution in [0.4, 0.5) is 0 Å². The molecule has 0 spiro atoms. The lowest BCUT2D eigenvalue weighted by Gasteiger charge is -2.46. The Labute approximate surface area is 182 Å². The van der Waals surface area contributed by atoms with Crippen LogP contribution in [0.3, 0.4) is 0 Å². The van der Waals surface area contributed by atoms with Gasteiger partial charge in [-0.05, 0) is 29.0 Å². The first-order valence-corrected chi connectivity index (χ1v) is 10.8. The fraction of sp³-hybridized carbons (Fsp3) is 0.259. The summed E-state index contributed by atoms with van der Waals surface area (Å²) in [4.78, 5) is 27.4. The van der Waals surface area contributed by atoms with E-state index >= 15 is 0 Å². The lowest BCUT2D eigenvalue weighted by atomic mass is 9.75. The first-order chi connectivity index (χ1) is 15.1. The van der Waals surface area contributed by atoms with Crippen molar-refractivity contribution < 1.29 is 14.7 Å². The van der Waals surface area contributed by atoms with Crippen LogP contribution in [0.2, 0.25) is 0 Å². The Balaban J connectivity index is 1.82. The maximum atomic E-state index is 12.7. The molecule has 0 aromatic heterocycles. The molecule has 0 radical (unpaired) electrons. The summed E-state index contributed by atoms with van der Waals surface area (Å²) in [5.74, 6) is -1.03. The second kappa shape index (κ2) is 7.78. The minimum absolute atomic E-state index is 0.152. The summed E-state index contributed by atoms with van der Waals surface area (Å²) in [6.45, 7) is 0.444. The van der Waals surface area contributed by atoms with Gasteiger partial charge in [-0.25, -0.2) is 0 Å². The van der Waals surface area contributed by atoms with Crippen LogP contribution in [-0.2, 0) is 15.1 Å². The first kappa shape index (κ1) is 19.7. The van der Waals surface area contributed by atoms with Crippen LogP contribution < -0.4 is 0 Å². The smallest absolute Gasteiger partial charge is 0.321 e. The monoisotopic (exact) mass is 411 g/mol. The molecule has 4 heteroatoms. The van der Waals surface area contributed by atoms with E-state index in [2.05, 4.69) is 41.3 Å². The number of nitrogens with zero attached hydrogens (tertiary/aromatic N) is 1. The van der Waals surface area contributed by atoms with Gasteiger partial charge in [0.05, 0.1) is 5.54 Å². The molecule has 0 bridgehead atoms.